The van der Waals surface area contributed by atoms with Crippen LogP contribution in [0.5, 0.6) is 0 Å². The molecule has 0 atom stereocenters. The Hall–Kier alpha value is -4.02. The molecule has 1 aliphatic rings. The Kier molecular flexibility index (Phi) is 9.11. The summed E-state index contributed by atoms with van der Waals surface area (Å²) in [5.74, 6) is 0.422. The van der Waals surface area contributed by atoms with Gasteiger partial charge in [-0.2, -0.15) is 5.10 Å². The van der Waals surface area contributed by atoms with E-state index in [4.69, 9.17) is 24.3 Å². The molecular formula is C31H38N6O4. The number of aromatic nitrogens is 4. The molecule has 0 aliphatic carbocycles. The normalized spacial score (nSPS) is 13.6. The van der Waals surface area contributed by atoms with Crippen molar-refractivity contribution in [3.05, 3.63) is 60.0 Å². The van der Waals surface area contributed by atoms with Crippen LogP contribution in [0.1, 0.15) is 49.3 Å². The molecule has 41 heavy (non-hydrogen) atoms. The number of rotatable bonds is 11. The summed E-state index contributed by atoms with van der Waals surface area (Å²) in [6, 6.07) is 14.0. The van der Waals surface area contributed by atoms with E-state index in [0.29, 0.717) is 25.5 Å². The van der Waals surface area contributed by atoms with Crippen molar-refractivity contribution < 1.29 is 19.0 Å². The molecule has 3 aromatic heterocycles. The number of nitrogens with zero attached hydrogens (tertiary/aromatic N) is 5. The van der Waals surface area contributed by atoms with Gasteiger partial charge in [0.05, 0.1) is 36.6 Å². The number of hydrogen-bond donors (Lipinski definition) is 1. The molecular weight excluding hydrogens is 520 g/mol. The molecule has 0 unspecified atom stereocenters. The number of benzene rings is 1. The maximum Gasteiger partial charge on any atom is 0.357 e. The summed E-state index contributed by atoms with van der Waals surface area (Å²) in [6.07, 6.45) is 2.71. The van der Waals surface area contributed by atoms with Crippen molar-refractivity contribution in [3.8, 4) is 16.8 Å². The minimum Gasteiger partial charge on any atom is -0.461 e. The Labute approximate surface area is 240 Å². The molecule has 0 bridgehead atoms. The first-order valence-electron chi connectivity index (χ1n) is 14.2. The summed E-state index contributed by atoms with van der Waals surface area (Å²) in [7, 11) is 1.70. The molecule has 10 heteroatoms. The van der Waals surface area contributed by atoms with Crippen LogP contribution in [0.3, 0.4) is 0 Å². The van der Waals surface area contributed by atoms with Gasteiger partial charge in [0, 0.05) is 50.8 Å². The van der Waals surface area contributed by atoms with Gasteiger partial charge in [0.15, 0.2) is 11.3 Å². The minimum absolute atomic E-state index is 0.116. The third-order valence-electron chi connectivity index (χ3n) is 7.05. The smallest absolute Gasteiger partial charge is 0.357 e. The lowest BCUT2D eigenvalue weighted by Crippen LogP contribution is -2.36. The number of carbonyl (C=O) groups is 1. The van der Waals surface area contributed by atoms with Crippen molar-refractivity contribution in [2.75, 3.05) is 63.4 Å². The van der Waals surface area contributed by atoms with Gasteiger partial charge in [-0.25, -0.2) is 19.4 Å². The number of carbonyl (C=O) groups excluding carboxylic acids is 1. The third kappa shape index (κ3) is 6.34. The average molecular weight is 559 g/mol. The number of morpholine rings is 1. The van der Waals surface area contributed by atoms with Crippen molar-refractivity contribution in [2.45, 2.75) is 33.1 Å². The average Bonchev–Trinajstić information content (AvgIpc) is 3.40. The van der Waals surface area contributed by atoms with Gasteiger partial charge in [-0.15, -0.1) is 0 Å². The summed E-state index contributed by atoms with van der Waals surface area (Å²) in [4.78, 5) is 24.8. The molecule has 1 fully saturated rings. The van der Waals surface area contributed by atoms with Gasteiger partial charge in [0.25, 0.3) is 0 Å². The molecule has 1 saturated heterocycles. The highest BCUT2D eigenvalue weighted by molar-refractivity contribution is 6.00. The predicted octanol–water partition coefficient (Wildman–Crippen LogP) is 5.07. The molecule has 0 radical (unpaired) electrons. The highest BCUT2D eigenvalue weighted by Gasteiger charge is 2.24. The van der Waals surface area contributed by atoms with Crippen molar-refractivity contribution in [3.63, 3.8) is 0 Å². The Morgan fingerprint density at radius 1 is 1.12 bits per heavy atom. The lowest BCUT2D eigenvalue weighted by atomic mass is 9.98. The van der Waals surface area contributed by atoms with Gasteiger partial charge in [-0.05, 0) is 61.2 Å². The Bertz CT molecular complexity index is 1480. The van der Waals surface area contributed by atoms with E-state index >= 15 is 0 Å². The van der Waals surface area contributed by atoms with E-state index in [0.717, 1.165) is 65.5 Å². The first-order valence-corrected chi connectivity index (χ1v) is 14.2. The van der Waals surface area contributed by atoms with Crippen LogP contribution in [-0.4, -0.2) is 78.9 Å². The second-order valence-electron chi connectivity index (χ2n) is 10.3. The van der Waals surface area contributed by atoms with Crippen LogP contribution in [0.4, 0.5) is 11.5 Å². The Balaban J connectivity index is 1.63. The number of nitrogens with one attached hydrogen (secondary N) is 1. The van der Waals surface area contributed by atoms with Crippen LogP contribution in [0, 0.1) is 0 Å². The van der Waals surface area contributed by atoms with E-state index in [-0.39, 0.29) is 18.2 Å². The topological polar surface area (TPSA) is 104 Å². The second kappa shape index (κ2) is 13.1. The number of pyridine rings is 2. The summed E-state index contributed by atoms with van der Waals surface area (Å²) in [6.45, 7) is 10.8. The Morgan fingerprint density at radius 3 is 2.63 bits per heavy atom. The van der Waals surface area contributed by atoms with E-state index in [2.05, 4.69) is 41.2 Å². The first kappa shape index (κ1) is 28.5. The van der Waals surface area contributed by atoms with Crippen molar-refractivity contribution in [2.24, 2.45) is 0 Å². The van der Waals surface area contributed by atoms with E-state index in [1.54, 1.807) is 20.1 Å². The van der Waals surface area contributed by atoms with Crippen LogP contribution in [-0.2, 0) is 14.2 Å². The Morgan fingerprint density at radius 2 is 1.93 bits per heavy atom. The third-order valence-corrected chi connectivity index (χ3v) is 7.05. The fourth-order valence-corrected chi connectivity index (χ4v) is 5.00. The number of anilines is 2. The minimum atomic E-state index is -0.471. The zero-order valence-electron chi connectivity index (χ0n) is 24.2. The summed E-state index contributed by atoms with van der Waals surface area (Å²) < 4.78 is 17.9. The van der Waals surface area contributed by atoms with Gasteiger partial charge in [0.2, 0.25) is 0 Å². The summed E-state index contributed by atoms with van der Waals surface area (Å²) in [5, 5.41) is 9.29. The standard InChI is InChI=1S/C31H38N6O4/c1-5-41-31(38)26-19-25(22-10-11-27(33-20-22)32-12-7-15-39-4)28-29(21(2)3)35-37(30(28)34-26)24-9-6-8-23(18-24)36-13-16-40-17-14-36/h6,8-11,18-21H,5,7,12-17H2,1-4H3,(H,32,33). The molecule has 1 N–H and O–H groups in total. The molecule has 0 saturated carbocycles. The lowest BCUT2D eigenvalue weighted by Gasteiger charge is -2.29. The molecule has 10 nitrogen and oxygen atoms in total. The number of ether oxygens (including phenoxy) is 3. The molecule has 0 spiro atoms. The van der Waals surface area contributed by atoms with Crippen LogP contribution in [0.25, 0.3) is 27.8 Å². The van der Waals surface area contributed by atoms with E-state index < -0.39 is 5.97 Å². The fraction of sp³-hybridized carbons (Fsp3) is 0.419. The first-order chi connectivity index (χ1) is 20.0. The lowest BCUT2D eigenvalue weighted by molar-refractivity contribution is 0.0520. The van der Waals surface area contributed by atoms with Gasteiger partial charge in [-0.3, -0.25) is 0 Å². The van der Waals surface area contributed by atoms with E-state index in [9.17, 15) is 4.79 Å². The molecule has 216 valence electrons. The SMILES string of the molecule is CCOC(=O)c1cc(-c2ccc(NCCCOC)nc2)c2c(C(C)C)nn(-c3cccc(N4CCOCC4)c3)c2n1. The summed E-state index contributed by atoms with van der Waals surface area (Å²) >= 11 is 0. The zero-order chi connectivity index (χ0) is 28.8. The number of esters is 1. The fourth-order valence-electron chi connectivity index (χ4n) is 5.00. The summed E-state index contributed by atoms with van der Waals surface area (Å²) in [5.41, 5.74) is 5.42. The monoisotopic (exact) mass is 558 g/mol. The van der Waals surface area contributed by atoms with Crippen LogP contribution >= 0.6 is 0 Å². The van der Waals surface area contributed by atoms with E-state index in [1.807, 2.05) is 35.1 Å². The van der Waals surface area contributed by atoms with Crippen LogP contribution < -0.4 is 10.2 Å². The molecule has 4 heterocycles. The van der Waals surface area contributed by atoms with Gasteiger partial charge in [-0.1, -0.05) is 19.9 Å². The van der Waals surface area contributed by atoms with Crippen molar-refractivity contribution >= 4 is 28.5 Å². The van der Waals surface area contributed by atoms with Gasteiger partial charge >= 0.3 is 5.97 Å². The quantitative estimate of drug-likeness (QED) is 0.200. The molecule has 5 rings (SSSR count). The van der Waals surface area contributed by atoms with Gasteiger partial charge in [0.1, 0.15) is 5.82 Å². The van der Waals surface area contributed by atoms with Gasteiger partial charge < -0.3 is 24.4 Å². The molecule has 1 aliphatic heterocycles. The molecule has 1 aromatic carbocycles. The highest BCUT2D eigenvalue weighted by atomic mass is 16.5. The molecule has 0 amide bonds. The zero-order valence-corrected chi connectivity index (χ0v) is 24.2. The highest BCUT2D eigenvalue weighted by Crippen LogP contribution is 2.36. The predicted molar refractivity (Wildman–Crippen MR) is 160 cm³/mol. The number of methoxy groups -OCH3 is 1. The number of hydrogen-bond acceptors (Lipinski definition) is 9. The second-order valence-corrected chi connectivity index (χ2v) is 10.3. The number of fused-ring (bicyclic) bond motifs is 1. The van der Waals surface area contributed by atoms with Crippen molar-refractivity contribution in [1.82, 2.24) is 19.7 Å². The van der Waals surface area contributed by atoms with Crippen LogP contribution in [0.15, 0.2) is 48.7 Å². The van der Waals surface area contributed by atoms with Crippen LogP contribution in [0.2, 0.25) is 0 Å². The molecule has 4 aromatic rings. The maximum absolute atomic E-state index is 13.0. The largest absolute Gasteiger partial charge is 0.461 e. The van der Waals surface area contributed by atoms with Crippen molar-refractivity contribution in [1.29, 1.82) is 0 Å². The maximum atomic E-state index is 13.0. The van der Waals surface area contributed by atoms with E-state index in [1.165, 1.54) is 0 Å².